The fourth-order valence-electron chi connectivity index (χ4n) is 2.27. The minimum Gasteiger partial charge on any atom is -0.507 e. The first kappa shape index (κ1) is 10.8. The van der Waals surface area contributed by atoms with Crippen molar-refractivity contribution in [1.82, 2.24) is 0 Å². The lowest BCUT2D eigenvalue weighted by molar-refractivity contribution is -0.147. The van der Waals surface area contributed by atoms with Crippen molar-refractivity contribution < 1.29 is 19.7 Å². The largest absolute Gasteiger partial charge is 0.507 e. The molecule has 1 saturated carbocycles. The van der Waals surface area contributed by atoms with Crippen molar-refractivity contribution in [2.45, 2.75) is 24.7 Å². The molecule has 0 spiro atoms. The third kappa shape index (κ3) is 1.33. The summed E-state index contributed by atoms with van der Waals surface area (Å²) in [5, 5.41) is 19.1. The van der Waals surface area contributed by atoms with Crippen LogP contribution in [-0.2, 0) is 10.2 Å². The van der Waals surface area contributed by atoms with Crippen LogP contribution in [0.1, 0.15) is 24.8 Å². The number of carbonyl (C=O) groups is 1. The smallest absolute Gasteiger partial charge is 0.314 e. The van der Waals surface area contributed by atoms with Gasteiger partial charge in [0.25, 0.3) is 0 Å². The van der Waals surface area contributed by atoms with Gasteiger partial charge < -0.3 is 14.9 Å². The van der Waals surface area contributed by atoms with Gasteiger partial charge in [0, 0.05) is 0 Å². The van der Waals surface area contributed by atoms with Gasteiger partial charge in [-0.3, -0.25) is 4.79 Å². The number of phenolic OH excluding ortho intramolecular Hbond substituents is 1. The van der Waals surface area contributed by atoms with Crippen LogP contribution >= 0.6 is 0 Å². The summed E-state index contributed by atoms with van der Waals surface area (Å²) in [6.45, 7) is 0. The van der Waals surface area contributed by atoms with Crippen LogP contribution in [0.25, 0.3) is 0 Å². The molecule has 0 unspecified atom stereocenters. The van der Waals surface area contributed by atoms with E-state index in [0.717, 1.165) is 6.42 Å². The molecule has 1 aromatic carbocycles. The van der Waals surface area contributed by atoms with E-state index in [9.17, 15) is 15.0 Å². The minimum atomic E-state index is -0.962. The summed E-state index contributed by atoms with van der Waals surface area (Å²) < 4.78 is 5.13. The summed E-state index contributed by atoms with van der Waals surface area (Å²) >= 11 is 0. The molecule has 0 atom stereocenters. The summed E-state index contributed by atoms with van der Waals surface area (Å²) in [5.41, 5.74) is -0.548. The predicted molar refractivity (Wildman–Crippen MR) is 57.8 cm³/mol. The van der Waals surface area contributed by atoms with E-state index in [1.807, 2.05) is 0 Å². The summed E-state index contributed by atoms with van der Waals surface area (Å²) in [7, 11) is 1.48. The highest BCUT2D eigenvalue weighted by Gasteiger charge is 2.49. The second kappa shape index (κ2) is 3.70. The second-order valence-corrected chi connectivity index (χ2v) is 4.10. The highest BCUT2D eigenvalue weighted by Crippen LogP contribution is 2.50. The molecule has 1 aromatic rings. The molecule has 2 rings (SSSR count). The van der Waals surface area contributed by atoms with E-state index < -0.39 is 11.4 Å². The highest BCUT2D eigenvalue weighted by molar-refractivity contribution is 5.85. The monoisotopic (exact) mass is 222 g/mol. The van der Waals surface area contributed by atoms with Gasteiger partial charge >= 0.3 is 5.97 Å². The van der Waals surface area contributed by atoms with Crippen molar-refractivity contribution >= 4 is 5.97 Å². The molecule has 2 N–H and O–H groups in total. The van der Waals surface area contributed by atoms with Gasteiger partial charge in [0.15, 0.2) is 0 Å². The molecule has 1 aliphatic carbocycles. The molecule has 0 aliphatic heterocycles. The zero-order chi connectivity index (χ0) is 11.8. The normalized spacial score (nSPS) is 17.6. The molecule has 4 heteroatoms. The van der Waals surface area contributed by atoms with Crippen molar-refractivity contribution in [2.75, 3.05) is 7.11 Å². The molecule has 1 aliphatic rings. The molecule has 0 radical (unpaired) electrons. The molecule has 0 bridgehead atoms. The number of phenols is 1. The maximum atomic E-state index is 11.4. The molecular weight excluding hydrogens is 208 g/mol. The lowest BCUT2D eigenvalue weighted by Gasteiger charge is -2.39. The number of hydrogen-bond donors (Lipinski definition) is 2. The van der Waals surface area contributed by atoms with E-state index in [1.54, 1.807) is 12.1 Å². The predicted octanol–water partition coefficient (Wildman–Crippen LogP) is 1.91. The summed E-state index contributed by atoms with van der Waals surface area (Å²) in [4.78, 5) is 11.4. The number of methoxy groups -OCH3 is 1. The lowest BCUT2D eigenvalue weighted by atomic mass is 9.64. The number of carboxylic acids is 1. The fourth-order valence-corrected chi connectivity index (χ4v) is 2.27. The second-order valence-electron chi connectivity index (χ2n) is 4.10. The maximum Gasteiger partial charge on any atom is 0.314 e. The van der Waals surface area contributed by atoms with Crippen LogP contribution in [0.15, 0.2) is 18.2 Å². The van der Waals surface area contributed by atoms with Crippen LogP contribution in [0.5, 0.6) is 11.5 Å². The van der Waals surface area contributed by atoms with E-state index >= 15 is 0 Å². The van der Waals surface area contributed by atoms with E-state index in [2.05, 4.69) is 0 Å². The van der Waals surface area contributed by atoms with Crippen molar-refractivity contribution in [1.29, 1.82) is 0 Å². The van der Waals surface area contributed by atoms with Crippen molar-refractivity contribution in [3.05, 3.63) is 23.8 Å². The van der Waals surface area contributed by atoms with E-state index in [1.165, 1.54) is 13.2 Å². The molecule has 86 valence electrons. The molecule has 0 aromatic heterocycles. The summed E-state index contributed by atoms with van der Waals surface area (Å²) in [6.07, 6.45) is 1.97. The standard InChI is InChI=1S/C12H14O4/c1-16-9-5-2-4-8(13)10(9)12(11(14)15)6-3-7-12/h2,4-5,13H,3,6-7H2,1H3,(H,14,15). The Morgan fingerprint density at radius 2 is 2.12 bits per heavy atom. The van der Waals surface area contributed by atoms with Gasteiger partial charge in [0.1, 0.15) is 11.5 Å². The highest BCUT2D eigenvalue weighted by atomic mass is 16.5. The Kier molecular flexibility index (Phi) is 2.50. The van der Waals surface area contributed by atoms with Crippen LogP contribution in [0, 0.1) is 0 Å². The molecule has 0 saturated heterocycles. The van der Waals surface area contributed by atoms with Crippen LogP contribution in [0.2, 0.25) is 0 Å². The molecule has 0 heterocycles. The molecule has 0 amide bonds. The lowest BCUT2D eigenvalue weighted by Crippen LogP contribution is -2.42. The van der Waals surface area contributed by atoms with Gasteiger partial charge in [-0.05, 0) is 25.0 Å². The van der Waals surface area contributed by atoms with Gasteiger partial charge in [0.05, 0.1) is 18.1 Å². The molecule has 4 nitrogen and oxygen atoms in total. The van der Waals surface area contributed by atoms with Crippen molar-refractivity contribution in [3.63, 3.8) is 0 Å². The average Bonchev–Trinajstić information content (AvgIpc) is 2.18. The molecular formula is C12H14O4. The zero-order valence-electron chi connectivity index (χ0n) is 9.06. The zero-order valence-corrected chi connectivity index (χ0v) is 9.06. The summed E-state index contributed by atoms with van der Waals surface area (Å²) in [6, 6.07) is 4.82. The summed E-state index contributed by atoms with van der Waals surface area (Å²) in [5.74, 6) is -0.442. The third-order valence-electron chi connectivity index (χ3n) is 3.32. The molecule has 1 fully saturated rings. The number of ether oxygens (including phenoxy) is 1. The number of benzene rings is 1. The van der Waals surface area contributed by atoms with E-state index in [4.69, 9.17) is 4.74 Å². The van der Waals surface area contributed by atoms with Crippen molar-refractivity contribution in [3.8, 4) is 11.5 Å². The number of carboxylic acid groups (broad SMARTS) is 1. The SMILES string of the molecule is COc1cccc(O)c1C1(C(=O)O)CCC1. The number of hydrogen-bond acceptors (Lipinski definition) is 3. The average molecular weight is 222 g/mol. The van der Waals surface area contributed by atoms with Gasteiger partial charge in [-0.1, -0.05) is 12.5 Å². The van der Waals surface area contributed by atoms with Crippen LogP contribution < -0.4 is 4.74 Å². The van der Waals surface area contributed by atoms with Crippen LogP contribution in [-0.4, -0.2) is 23.3 Å². The van der Waals surface area contributed by atoms with E-state index in [0.29, 0.717) is 24.2 Å². The Balaban J connectivity index is 2.57. The van der Waals surface area contributed by atoms with Gasteiger partial charge in [-0.25, -0.2) is 0 Å². The first-order chi connectivity index (χ1) is 7.62. The Morgan fingerprint density at radius 1 is 1.44 bits per heavy atom. The Labute approximate surface area is 93.5 Å². The van der Waals surface area contributed by atoms with Gasteiger partial charge in [-0.15, -0.1) is 0 Å². The first-order valence-corrected chi connectivity index (χ1v) is 5.21. The van der Waals surface area contributed by atoms with Gasteiger partial charge in [-0.2, -0.15) is 0 Å². The third-order valence-corrected chi connectivity index (χ3v) is 3.32. The Hall–Kier alpha value is -1.71. The number of aliphatic carboxylic acids is 1. The quantitative estimate of drug-likeness (QED) is 0.819. The minimum absolute atomic E-state index is 0.00134. The van der Waals surface area contributed by atoms with Gasteiger partial charge in [0.2, 0.25) is 0 Å². The Morgan fingerprint density at radius 3 is 2.56 bits per heavy atom. The topological polar surface area (TPSA) is 66.8 Å². The number of rotatable bonds is 3. The van der Waals surface area contributed by atoms with Crippen molar-refractivity contribution in [2.24, 2.45) is 0 Å². The van der Waals surface area contributed by atoms with Crippen LogP contribution in [0.4, 0.5) is 0 Å². The maximum absolute atomic E-state index is 11.4. The van der Waals surface area contributed by atoms with Crippen LogP contribution in [0.3, 0.4) is 0 Å². The molecule has 16 heavy (non-hydrogen) atoms. The first-order valence-electron chi connectivity index (χ1n) is 5.21. The Bertz CT molecular complexity index is 421. The van der Waals surface area contributed by atoms with E-state index in [-0.39, 0.29) is 5.75 Å². The fraction of sp³-hybridized carbons (Fsp3) is 0.417. The number of aromatic hydroxyl groups is 1.